The lowest BCUT2D eigenvalue weighted by Crippen LogP contribution is -1.72. The van der Waals surface area contributed by atoms with E-state index in [0.29, 0.717) is 5.92 Å². The SMILES string of the molecule is CC(C)/C=C/S. The molecule has 0 rings (SSSR count). The van der Waals surface area contributed by atoms with Gasteiger partial charge in [-0.3, -0.25) is 0 Å². The predicted molar refractivity (Wildman–Crippen MR) is 33.0 cm³/mol. The van der Waals surface area contributed by atoms with Gasteiger partial charge < -0.3 is 0 Å². The van der Waals surface area contributed by atoms with Crippen molar-refractivity contribution in [2.45, 2.75) is 13.8 Å². The third-order valence-corrected chi connectivity index (χ3v) is 0.643. The van der Waals surface area contributed by atoms with E-state index in [1.54, 1.807) is 5.41 Å². The second-order valence-electron chi connectivity index (χ2n) is 1.59. The van der Waals surface area contributed by atoms with Crippen LogP contribution < -0.4 is 0 Å². The van der Waals surface area contributed by atoms with Gasteiger partial charge in [-0.25, -0.2) is 0 Å². The van der Waals surface area contributed by atoms with Crippen LogP contribution in [0.25, 0.3) is 0 Å². The van der Waals surface area contributed by atoms with Crippen molar-refractivity contribution in [3.05, 3.63) is 11.5 Å². The van der Waals surface area contributed by atoms with Crippen molar-refractivity contribution in [2.24, 2.45) is 5.92 Å². The molecule has 6 heavy (non-hydrogen) atoms. The number of hydrogen-bond acceptors (Lipinski definition) is 1. The van der Waals surface area contributed by atoms with Crippen molar-refractivity contribution in [1.82, 2.24) is 0 Å². The summed E-state index contributed by atoms with van der Waals surface area (Å²) in [6.07, 6.45) is 2.03. The Morgan fingerprint density at radius 1 is 1.50 bits per heavy atom. The molecule has 0 atom stereocenters. The van der Waals surface area contributed by atoms with E-state index in [4.69, 9.17) is 0 Å². The molecule has 1 heteroatoms. The molecule has 0 saturated carbocycles. The van der Waals surface area contributed by atoms with Gasteiger partial charge in [0.15, 0.2) is 0 Å². The number of thiol groups is 1. The molecular formula is C5H10S. The smallest absolute Gasteiger partial charge is 0.0282 e. The lowest BCUT2D eigenvalue weighted by molar-refractivity contribution is 0.834. The Morgan fingerprint density at radius 3 is 2.00 bits per heavy atom. The molecule has 0 heterocycles. The van der Waals surface area contributed by atoms with Crippen LogP contribution in [0.1, 0.15) is 13.8 Å². The minimum Gasteiger partial charge on any atom is -0.152 e. The highest BCUT2D eigenvalue weighted by Gasteiger charge is 1.76. The van der Waals surface area contributed by atoms with Gasteiger partial charge in [0.25, 0.3) is 0 Å². The summed E-state index contributed by atoms with van der Waals surface area (Å²) in [5.41, 5.74) is 0. The van der Waals surface area contributed by atoms with E-state index in [0.717, 1.165) is 0 Å². The molecule has 0 aromatic carbocycles. The van der Waals surface area contributed by atoms with E-state index in [2.05, 4.69) is 26.5 Å². The van der Waals surface area contributed by atoms with Crippen LogP contribution >= 0.6 is 12.6 Å². The van der Waals surface area contributed by atoms with Crippen molar-refractivity contribution >= 4 is 12.6 Å². The van der Waals surface area contributed by atoms with Crippen LogP contribution in [-0.2, 0) is 0 Å². The molecule has 0 saturated heterocycles. The highest BCUT2D eigenvalue weighted by atomic mass is 32.1. The summed E-state index contributed by atoms with van der Waals surface area (Å²) in [5.74, 6) is 0.641. The lowest BCUT2D eigenvalue weighted by atomic mass is 10.2. The summed E-state index contributed by atoms with van der Waals surface area (Å²) in [5, 5.41) is 1.77. The Balaban J connectivity index is 3.03. The van der Waals surface area contributed by atoms with Crippen molar-refractivity contribution in [1.29, 1.82) is 0 Å². The second kappa shape index (κ2) is 3.29. The largest absolute Gasteiger partial charge is 0.152 e. The van der Waals surface area contributed by atoms with Crippen LogP contribution in [0.3, 0.4) is 0 Å². The maximum Gasteiger partial charge on any atom is -0.0282 e. The van der Waals surface area contributed by atoms with Gasteiger partial charge in [0.1, 0.15) is 0 Å². The molecule has 0 fully saturated rings. The third-order valence-electron chi connectivity index (χ3n) is 0.471. The fraction of sp³-hybridized carbons (Fsp3) is 0.600. The topological polar surface area (TPSA) is 0 Å². The van der Waals surface area contributed by atoms with Crippen LogP contribution in [0.2, 0.25) is 0 Å². The molecule has 0 unspecified atom stereocenters. The monoisotopic (exact) mass is 102 g/mol. The van der Waals surface area contributed by atoms with Crippen LogP contribution in [0, 0.1) is 5.92 Å². The summed E-state index contributed by atoms with van der Waals surface area (Å²) >= 11 is 3.88. The summed E-state index contributed by atoms with van der Waals surface area (Å²) in [6.45, 7) is 4.24. The minimum atomic E-state index is 0.641. The molecule has 0 nitrogen and oxygen atoms in total. The summed E-state index contributed by atoms with van der Waals surface area (Å²) in [7, 11) is 0. The van der Waals surface area contributed by atoms with Crippen LogP contribution in [-0.4, -0.2) is 0 Å². The van der Waals surface area contributed by atoms with E-state index >= 15 is 0 Å². The highest BCUT2D eigenvalue weighted by Crippen LogP contribution is 1.92. The number of hydrogen-bond donors (Lipinski definition) is 1. The van der Waals surface area contributed by atoms with E-state index in [9.17, 15) is 0 Å². The Bertz CT molecular complexity index is 45.9. The highest BCUT2D eigenvalue weighted by molar-refractivity contribution is 7.83. The first kappa shape index (κ1) is 6.09. The van der Waals surface area contributed by atoms with Gasteiger partial charge in [-0.1, -0.05) is 19.9 Å². The molecule has 36 valence electrons. The molecule has 0 N–H and O–H groups in total. The third kappa shape index (κ3) is 4.09. The lowest BCUT2D eigenvalue weighted by Gasteiger charge is -1.86. The molecule has 0 aliphatic carbocycles. The van der Waals surface area contributed by atoms with Gasteiger partial charge in [0, 0.05) is 0 Å². The standard InChI is InChI=1S/C5H10S/c1-5(2)3-4-6/h3-6H,1-2H3/b4-3+. The fourth-order valence-electron chi connectivity index (χ4n) is 0.172. The van der Waals surface area contributed by atoms with E-state index in [1.807, 2.05) is 6.08 Å². The zero-order valence-corrected chi connectivity index (χ0v) is 5.07. The van der Waals surface area contributed by atoms with Crippen molar-refractivity contribution < 1.29 is 0 Å². The van der Waals surface area contributed by atoms with Gasteiger partial charge >= 0.3 is 0 Å². The molecule has 0 bridgehead atoms. The van der Waals surface area contributed by atoms with Crippen LogP contribution in [0.4, 0.5) is 0 Å². The van der Waals surface area contributed by atoms with Crippen LogP contribution in [0.5, 0.6) is 0 Å². The number of allylic oxidation sites excluding steroid dienone is 1. The summed E-state index contributed by atoms with van der Waals surface area (Å²) < 4.78 is 0. The molecule has 0 amide bonds. The minimum absolute atomic E-state index is 0.641. The Labute approximate surface area is 44.7 Å². The zero-order chi connectivity index (χ0) is 4.99. The van der Waals surface area contributed by atoms with E-state index < -0.39 is 0 Å². The Kier molecular flexibility index (Phi) is 3.34. The maximum absolute atomic E-state index is 3.88. The van der Waals surface area contributed by atoms with Gasteiger partial charge in [-0.2, -0.15) is 12.6 Å². The molecule has 0 spiro atoms. The Hall–Kier alpha value is 0.0900. The first-order valence-electron chi connectivity index (χ1n) is 2.08. The van der Waals surface area contributed by atoms with E-state index in [1.165, 1.54) is 0 Å². The first-order valence-corrected chi connectivity index (χ1v) is 2.60. The Morgan fingerprint density at radius 2 is 2.00 bits per heavy atom. The van der Waals surface area contributed by atoms with Gasteiger partial charge in [0.2, 0.25) is 0 Å². The second-order valence-corrected chi connectivity index (χ2v) is 1.88. The molecule has 0 aromatic rings. The van der Waals surface area contributed by atoms with Gasteiger partial charge in [-0.15, -0.1) is 0 Å². The average molecular weight is 102 g/mol. The molecule has 0 aromatic heterocycles. The summed E-state index contributed by atoms with van der Waals surface area (Å²) in [4.78, 5) is 0. The molecule has 0 radical (unpaired) electrons. The summed E-state index contributed by atoms with van der Waals surface area (Å²) in [6, 6.07) is 0. The normalized spacial score (nSPS) is 11.3. The zero-order valence-electron chi connectivity index (χ0n) is 4.18. The molecule has 0 aliphatic heterocycles. The quantitative estimate of drug-likeness (QED) is 0.481. The number of rotatable bonds is 1. The fourth-order valence-corrected chi connectivity index (χ4v) is 0.516. The van der Waals surface area contributed by atoms with Crippen molar-refractivity contribution in [2.75, 3.05) is 0 Å². The average Bonchev–Trinajstić information content (AvgIpc) is 1.35. The first-order chi connectivity index (χ1) is 2.77. The molecule has 0 aliphatic rings. The molecular weight excluding hydrogens is 92.1 g/mol. The van der Waals surface area contributed by atoms with Crippen molar-refractivity contribution in [3.8, 4) is 0 Å². The predicted octanol–water partition coefficient (Wildman–Crippen LogP) is 2.09. The van der Waals surface area contributed by atoms with Gasteiger partial charge in [-0.05, 0) is 11.3 Å². The van der Waals surface area contributed by atoms with E-state index in [-0.39, 0.29) is 0 Å². The van der Waals surface area contributed by atoms with Crippen molar-refractivity contribution in [3.63, 3.8) is 0 Å². The van der Waals surface area contributed by atoms with Crippen LogP contribution in [0.15, 0.2) is 11.5 Å². The van der Waals surface area contributed by atoms with Gasteiger partial charge in [0.05, 0.1) is 0 Å². The maximum atomic E-state index is 3.88.